The standard InChI is InChI=1S/C11H20N4/c1-14-6-4-3-5-11(14)8-12-10-7-13-15(2)9-10/h7,9,11-12H,3-6,8H2,1-2H3. The zero-order chi connectivity index (χ0) is 10.7. The van der Waals surface area contributed by atoms with Gasteiger partial charge in [-0.2, -0.15) is 5.10 Å². The van der Waals surface area contributed by atoms with Gasteiger partial charge in [0.15, 0.2) is 0 Å². The topological polar surface area (TPSA) is 33.1 Å². The predicted molar refractivity (Wildman–Crippen MR) is 62.0 cm³/mol. The van der Waals surface area contributed by atoms with Gasteiger partial charge in [-0.05, 0) is 26.4 Å². The van der Waals surface area contributed by atoms with Crippen molar-refractivity contribution in [1.82, 2.24) is 14.7 Å². The second kappa shape index (κ2) is 4.66. The Balaban J connectivity index is 1.81. The molecule has 0 amide bonds. The summed E-state index contributed by atoms with van der Waals surface area (Å²) in [5.41, 5.74) is 1.12. The Hall–Kier alpha value is -1.03. The molecule has 0 spiro atoms. The van der Waals surface area contributed by atoms with E-state index in [4.69, 9.17) is 0 Å². The zero-order valence-corrected chi connectivity index (χ0v) is 9.61. The van der Waals surface area contributed by atoms with Crippen LogP contribution in [0.1, 0.15) is 19.3 Å². The highest BCUT2D eigenvalue weighted by Gasteiger charge is 2.18. The van der Waals surface area contributed by atoms with Crippen molar-refractivity contribution in [1.29, 1.82) is 0 Å². The van der Waals surface area contributed by atoms with Crippen LogP contribution >= 0.6 is 0 Å². The predicted octanol–water partition coefficient (Wildman–Crippen LogP) is 1.32. The normalized spacial score (nSPS) is 22.9. The van der Waals surface area contributed by atoms with E-state index in [0.717, 1.165) is 12.2 Å². The van der Waals surface area contributed by atoms with Gasteiger partial charge in [-0.1, -0.05) is 6.42 Å². The molecule has 0 radical (unpaired) electrons. The summed E-state index contributed by atoms with van der Waals surface area (Å²) < 4.78 is 1.83. The smallest absolute Gasteiger partial charge is 0.0726 e. The molecule has 0 bridgehead atoms. The van der Waals surface area contributed by atoms with Gasteiger partial charge in [0.05, 0.1) is 11.9 Å². The monoisotopic (exact) mass is 208 g/mol. The number of nitrogens with one attached hydrogen (secondary N) is 1. The first-order chi connectivity index (χ1) is 7.25. The van der Waals surface area contributed by atoms with Crippen LogP contribution in [-0.4, -0.2) is 40.9 Å². The zero-order valence-electron chi connectivity index (χ0n) is 9.61. The molecule has 1 aliphatic rings. The molecule has 2 rings (SSSR count). The number of hydrogen-bond acceptors (Lipinski definition) is 3. The lowest BCUT2D eigenvalue weighted by Crippen LogP contribution is -2.40. The molecule has 1 unspecified atom stereocenters. The number of likely N-dealkylation sites (tertiary alicyclic amines) is 1. The van der Waals surface area contributed by atoms with Crippen LogP contribution in [0, 0.1) is 0 Å². The summed E-state index contributed by atoms with van der Waals surface area (Å²) in [5, 5.41) is 7.58. The van der Waals surface area contributed by atoms with Gasteiger partial charge in [0.1, 0.15) is 0 Å². The van der Waals surface area contributed by atoms with E-state index in [0.29, 0.717) is 6.04 Å². The Morgan fingerprint density at radius 1 is 1.47 bits per heavy atom. The van der Waals surface area contributed by atoms with Gasteiger partial charge >= 0.3 is 0 Å². The lowest BCUT2D eigenvalue weighted by Gasteiger charge is -2.32. The van der Waals surface area contributed by atoms with Gasteiger partial charge in [0.2, 0.25) is 0 Å². The minimum Gasteiger partial charge on any atom is -0.381 e. The van der Waals surface area contributed by atoms with E-state index in [9.17, 15) is 0 Å². The fourth-order valence-corrected chi connectivity index (χ4v) is 2.15. The van der Waals surface area contributed by atoms with Crippen LogP contribution in [0.15, 0.2) is 12.4 Å². The molecule has 1 aliphatic heterocycles. The van der Waals surface area contributed by atoms with Crippen LogP contribution in [0.3, 0.4) is 0 Å². The first-order valence-electron chi connectivity index (χ1n) is 5.68. The highest BCUT2D eigenvalue weighted by atomic mass is 15.3. The molecule has 4 heteroatoms. The van der Waals surface area contributed by atoms with Gasteiger partial charge < -0.3 is 10.2 Å². The van der Waals surface area contributed by atoms with Crippen LogP contribution in [0.4, 0.5) is 5.69 Å². The number of hydrogen-bond donors (Lipinski definition) is 1. The summed E-state index contributed by atoms with van der Waals surface area (Å²) >= 11 is 0. The molecule has 1 atom stereocenters. The average Bonchev–Trinajstić information content (AvgIpc) is 2.63. The fraction of sp³-hybridized carbons (Fsp3) is 0.727. The minimum absolute atomic E-state index is 0.680. The average molecular weight is 208 g/mol. The van der Waals surface area contributed by atoms with Crippen molar-refractivity contribution < 1.29 is 0 Å². The van der Waals surface area contributed by atoms with Gasteiger partial charge in [-0.3, -0.25) is 4.68 Å². The number of likely N-dealkylation sites (N-methyl/N-ethyl adjacent to an activating group) is 1. The van der Waals surface area contributed by atoms with Crippen LogP contribution in [0.2, 0.25) is 0 Å². The van der Waals surface area contributed by atoms with E-state index in [-0.39, 0.29) is 0 Å². The molecule has 15 heavy (non-hydrogen) atoms. The van der Waals surface area contributed by atoms with Crippen LogP contribution in [0.25, 0.3) is 0 Å². The third-order valence-corrected chi connectivity index (χ3v) is 3.17. The molecule has 1 saturated heterocycles. The van der Waals surface area contributed by atoms with Gasteiger partial charge in [-0.15, -0.1) is 0 Å². The van der Waals surface area contributed by atoms with Gasteiger partial charge in [-0.25, -0.2) is 0 Å². The Morgan fingerprint density at radius 2 is 2.33 bits per heavy atom. The minimum atomic E-state index is 0.680. The molecular weight excluding hydrogens is 188 g/mol. The van der Waals surface area contributed by atoms with Crippen LogP contribution < -0.4 is 5.32 Å². The molecule has 1 aromatic rings. The van der Waals surface area contributed by atoms with Crippen LogP contribution in [0.5, 0.6) is 0 Å². The third kappa shape index (κ3) is 2.72. The lowest BCUT2D eigenvalue weighted by atomic mass is 10.0. The molecule has 1 fully saturated rings. The molecular formula is C11H20N4. The molecule has 1 aromatic heterocycles. The van der Waals surface area contributed by atoms with Gasteiger partial charge in [0.25, 0.3) is 0 Å². The van der Waals surface area contributed by atoms with Crippen molar-refractivity contribution in [3.05, 3.63) is 12.4 Å². The molecule has 1 N–H and O–H groups in total. The van der Waals surface area contributed by atoms with Crippen molar-refractivity contribution in [2.24, 2.45) is 7.05 Å². The summed E-state index contributed by atoms with van der Waals surface area (Å²) in [6, 6.07) is 0.680. The molecule has 2 heterocycles. The summed E-state index contributed by atoms with van der Waals surface area (Å²) in [4.78, 5) is 2.45. The Kier molecular flexibility index (Phi) is 3.26. The molecule has 0 aliphatic carbocycles. The number of rotatable bonds is 3. The van der Waals surface area contributed by atoms with Crippen molar-refractivity contribution in [2.45, 2.75) is 25.3 Å². The van der Waals surface area contributed by atoms with Crippen molar-refractivity contribution >= 4 is 5.69 Å². The van der Waals surface area contributed by atoms with Crippen molar-refractivity contribution in [2.75, 3.05) is 25.5 Å². The molecule has 4 nitrogen and oxygen atoms in total. The second-order valence-electron chi connectivity index (χ2n) is 4.41. The maximum Gasteiger partial charge on any atom is 0.0726 e. The van der Waals surface area contributed by atoms with E-state index in [2.05, 4.69) is 22.4 Å². The number of aromatic nitrogens is 2. The number of anilines is 1. The fourth-order valence-electron chi connectivity index (χ4n) is 2.15. The lowest BCUT2D eigenvalue weighted by molar-refractivity contribution is 0.194. The van der Waals surface area contributed by atoms with Crippen LogP contribution in [-0.2, 0) is 7.05 Å². The van der Waals surface area contributed by atoms with Gasteiger partial charge in [0, 0.05) is 25.8 Å². The van der Waals surface area contributed by atoms with E-state index >= 15 is 0 Å². The maximum atomic E-state index is 4.14. The Morgan fingerprint density at radius 3 is 3.00 bits per heavy atom. The van der Waals surface area contributed by atoms with E-state index < -0.39 is 0 Å². The highest BCUT2D eigenvalue weighted by Crippen LogP contribution is 2.15. The van der Waals surface area contributed by atoms with Crippen molar-refractivity contribution in [3.8, 4) is 0 Å². The number of nitrogens with zero attached hydrogens (tertiary/aromatic N) is 3. The summed E-state index contributed by atoms with van der Waals surface area (Å²) in [5.74, 6) is 0. The maximum absolute atomic E-state index is 4.14. The first-order valence-corrected chi connectivity index (χ1v) is 5.68. The Labute approximate surface area is 91.3 Å². The number of aryl methyl sites for hydroxylation is 1. The highest BCUT2D eigenvalue weighted by molar-refractivity contribution is 5.38. The SMILES string of the molecule is CN1CCCCC1CNc1cnn(C)c1. The summed E-state index contributed by atoms with van der Waals surface area (Å²) in [6.07, 6.45) is 7.92. The molecule has 84 valence electrons. The van der Waals surface area contributed by atoms with E-state index in [1.54, 1.807) is 0 Å². The summed E-state index contributed by atoms with van der Waals surface area (Å²) in [7, 11) is 4.16. The molecule has 0 saturated carbocycles. The first kappa shape index (κ1) is 10.5. The number of piperidine rings is 1. The largest absolute Gasteiger partial charge is 0.381 e. The van der Waals surface area contributed by atoms with E-state index in [1.165, 1.54) is 25.8 Å². The van der Waals surface area contributed by atoms with E-state index in [1.807, 2.05) is 24.1 Å². The third-order valence-electron chi connectivity index (χ3n) is 3.17. The quantitative estimate of drug-likeness (QED) is 0.813. The molecule has 0 aromatic carbocycles. The summed E-state index contributed by atoms with van der Waals surface area (Å²) in [6.45, 7) is 2.27. The Bertz CT molecular complexity index is 307. The second-order valence-corrected chi connectivity index (χ2v) is 4.41. The van der Waals surface area contributed by atoms with Crippen molar-refractivity contribution in [3.63, 3.8) is 0 Å².